The largest absolute Gasteiger partial charge is 0.480 e. The van der Waals surface area contributed by atoms with Crippen molar-refractivity contribution in [2.75, 3.05) is 20.1 Å². The van der Waals surface area contributed by atoms with Gasteiger partial charge < -0.3 is 14.9 Å². The van der Waals surface area contributed by atoms with E-state index in [1.54, 1.807) is 48.9 Å². The van der Waals surface area contributed by atoms with Crippen molar-refractivity contribution in [3.05, 3.63) is 29.8 Å². The van der Waals surface area contributed by atoms with Gasteiger partial charge in [-0.05, 0) is 31.9 Å². The van der Waals surface area contributed by atoms with Crippen LogP contribution in [0.2, 0.25) is 0 Å². The number of amides is 2. The van der Waals surface area contributed by atoms with Crippen molar-refractivity contribution in [3.63, 3.8) is 0 Å². The smallest absolute Gasteiger partial charge is 0.316 e. The van der Waals surface area contributed by atoms with Crippen LogP contribution in [0, 0.1) is 0 Å². The zero-order chi connectivity index (χ0) is 18.6. The third-order valence-electron chi connectivity index (χ3n) is 4.57. The van der Waals surface area contributed by atoms with Crippen LogP contribution in [0.5, 0.6) is 0 Å². The number of carbonyl (C=O) groups is 3. The predicted molar refractivity (Wildman–Crippen MR) is 96.8 cm³/mol. The van der Waals surface area contributed by atoms with Crippen molar-refractivity contribution in [2.45, 2.75) is 42.9 Å². The van der Waals surface area contributed by atoms with Gasteiger partial charge in [-0.1, -0.05) is 12.1 Å². The van der Waals surface area contributed by atoms with Crippen LogP contribution in [-0.4, -0.2) is 64.1 Å². The summed E-state index contributed by atoms with van der Waals surface area (Å²) < 4.78 is 0. The maximum atomic E-state index is 12.9. The molecule has 1 aliphatic rings. The Bertz CT molecular complexity index is 656. The molecule has 0 spiro atoms. The fraction of sp³-hybridized carbons (Fsp3) is 0.500. The molecular weight excluding hydrogens is 340 g/mol. The molecule has 7 heteroatoms. The van der Waals surface area contributed by atoms with Gasteiger partial charge in [-0.15, -0.1) is 11.8 Å². The molecular formula is C18H24N2O4S. The maximum Gasteiger partial charge on any atom is 0.316 e. The third-order valence-corrected chi connectivity index (χ3v) is 5.73. The summed E-state index contributed by atoms with van der Waals surface area (Å²) in [7, 11) is 1.80. The molecule has 1 heterocycles. The molecule has 1 aromatic carbocycles. The molecule has 1 aromatic rings. The number of likely N-dealkylation sites (tertiary alicyclic amines) is 1. The van der Waals surface area contributed by atoms with Gasteiger partial charge in [0.2, 0.25) is 5.91 Å². The summed E-state index contributed by atoms with van der Waals surface area (Å²) in [6.45, 7) is 4.34. The zero-order valence-electron chi connectivity index (χ0n) is 14.8. The number of thioether (sulfide) groups is 1. The number of piperidine rings is 1. The fourth-order valence-electron chi connectivity index (χ4n) is 2.87. The molecule has 1 aliphatic heterocycles. The molecule has 1 unspecified atom stereocenters. The number of aliphatic carboxylic acids is 1. The molecule has 1 saturated heterocycles. The average Bonchev–Trinajstić information content (AvgIpc) is 2.61. The van der Waals surface area contributed by atoms with Gasteiger partial charge in [-0.25, -0.2) is 0 Å². The minimum absolute atomic E-state index is 0.0363. The van der Waals surface area contributed by atoms with Crippen LogP contribution in [0.15, 0.2) is 29.2 Å². The first-order chi connectivity index (χ1) is 11.8. The molecule has 0 aromatic heterocycles. The maximum absolute atomic E-state index is 12.9. The molecule has 1 N–H and O–H groups in total. The third kappa shape index (κ3) is 4.75. The van der Waals surface area contributed by atoms with Crippen LogP contribution in [-0.2, 0) is 9.59 Å². The highest BCUT2D eigenvalue weighted by Gasteiger charge is 2.28. The molecule has 6 nitrogen and oxygen atoms in total. The summed E-state index contributed by atoms with van der Waals surface area (Å²) in [5, 5.41) is 8.48. The Morgan fingerprint density at radius 1 is 1.24 bits per heavy atom. The lowest BCUT2D eigenvalue weighted by Gasteiger charge is -2.36. The van der Waals surface area contributed by atoms with Crippen LogP contribution in [0.25, 0.3) is 0 Å². The Hall–Kier alpha value is -2.02. The van der Waals surface area contributed by atoms with Crippen molar-refractivity contribution in [2.24, 2.45) is 0 Å². The first-order valence-electron chi connectivity index (χ1n) is 8.32. The molecule has 2 rings (SSSR count). The minimum atomic E-state index is -0.902. The van der Waals surface area contributed by atoms with E-state index in [0.717, 1.165) is 12.8 Å². The Balaban J connectivity index is 2.07. The molecule has 0 radical (unpaired) electrons. The van der Waals surface area contributed by atoms with E-state index in [1.165, 1.54) is 11.8 Å². The molecule has 1 fully saturated rings. The second-order valence-electron chi connectivity index (χ2n) is 6.25. The molecule has 0 aliphatic carbocycles. The first-order valence-corrected chi connectivity index (χ1v) is 9.20. The standard InChI is InChI=1S/C18H24N2O4S/c1-12(18(23)24)25-16-7-5-4-6-15(16)17(22)20-10-8-14(9-11-20)19(3)13(2)21/h4-7,12,14H,8-11H2,1-3H3,(H,23,24). The van der Waals surface area contributed by atoms with Crippen LogP contribution < -0.4 is 0 Å². The van der Waals surface area contributed by atoms with E-state index in [2.05, 4.69) is 0 Å². The first kappa shape index (κ1) is 19.3. The summed E-state index contributed by atoms with van der Waals surface area (Å²) in [5.74, 6) is -0.945. The van der Waals surface area contributed by atoms with E-state index < -0.39 is 11.2 Å². The SMILES string of the molecule is CC(=O)N(C)C1CCN(C(=O)c2ccccc2SC(C)C(=O)O)CC1. The van der Waals surface area contributed by atoms with Gasteiger partial charge in [0.25, 0.3) is 5.91 Å². The van der Waals surface area contributed by atoms with E-state index >= 15 is 0 Å². The highest BCUT2D eigenvalue weighted by molar-refractivity contribution is 8.00. The van der Waals surface area contributed by atoms with Gasteiger partial charge in [0.1, 0.15) is 5.25 Å². The summed E-state index contributed by atoms with van der Waals surface area (Å²) in [6, 6.07) is 7.29. The summed E-state index contributed by atoms with van der Waals surface area (Å²) in [5.41, 5.74) is 0.541. The van der Waals surface area contributed by atoms with Crippen LogP contribution in [0.1, 0.15) is 37.0 Å². The lowest BCUT2D eigenvalue weighted by Crippen LogP contribution is -2.46. The fourth-order valence-corrected chi connectivity index (χ4v) is 3.79. The van der Waals surface area contributed by atoms with Crippen molar-refractivity contribution in [3.8, 4) is 0 Å². The quantitative estimate of drug-likeness (QED) is 0.812. The van der Waals surface area contributed by atoms with Crippen molar-refractivity contribution >= 4 is 29.5 Å². The number of rotatable bonds is 5. The zero-order valence-corrected chi connectivity index (χ0v) is 15.6. The number of carboxylic acids is 1. The van der Waals surface area contributed by atoms with Gasteiger partial charge in [-0.2, -0.15) is 0 Å². The highest BCUT2D eigenvalue weighted by Crippen LogP contribution is 2.28. The van der Waals surface area contributed by atoms with Crippen LogP contribution >= 0.6 is 11.8 Å². The van der Waals surface area contributed by atoms with E-state index in [-0.39, 0.29) is 17.9 Å². The summed E-state index contributed by atoms with van der Waals surface area (Å²) in [4.78, 5) is 39.6. The normalized spacial score (nSPS) is 16.4. The monoisotopic (exact) mass is 364 g/mol. The Morgan fingerprint density at radius 2 is 1.84 bits per heavy atom. The van der Waals surface area contributed by atoms with Gasteiger partial charge in [-0.3, -0.25) is 14.4 Å². The summed E-state index contributed by atoms with van der Waals surface area (Å²) >= 11 is 1.18. The Morgan fingerprint density at radius 3 is 2.40 bits per heavy atom. The van der Waals surface area contributed by atoms with E-state index in [0.29, 0.717) is 23.5 Å². The number of nitrogens with zero attached hydrogens (tertiary/aromatic N) is 2. The van der Waals surface area contributed by atoms with Gasteiger partial charge in [0.15, 0.2) is 0 Å². The van der Waals surface area contributed by atoms with Crippen molar-refractivity contribution < 1.29 is 19.5 Å². The lowest BCUT2D eigenvalue weighted by molar-refractivity contribution is -0.136. The average molecular weight is 364 g/mol. The number of hydrogen-bond donors (Lipinski definition) is 1. The topological polar surface area (TPSA) is 77.9 Å². The van der Waals surface area contributed by atoms with E-state index in [4.69, 9.17) is 5.11 Å². The van der Waals surface area contributed by atoms with Crippen molar-refractivity contribution in [1.29, 1.82) is 0 Å². The highest BCUT2D eigenvalue weighted by atomic mass is 32.2. The molecule has 2 amide bonds. The van der Waals surface area contributed by atoms with E-state index in [1.807, 2.05) is 6.07 Å². The summed E-state index contributed by atoms with van der Waals surface area (Å²) in [6.07, 6.45) is 1.51. The van der Waals surface area contributed by atoms with E-state index in [9.17, 15) is 14.4 Å². The van der Waals surface area contributed by atoms with Crippen molar-refractivity contribution in [1.82, 2.24) is 9.80 Å². The Labute approximate surface area is 152 Å². The minimum Gasteiger partial charge on any atom is -0.480 e. The molecule has 136 valence electrons. The van der Waals surface area contributed by atoms with Gasteiger partial charge >= 0.3 is 5.97 Å². The number of carbonyl (C=O) groups excluding carboxylic acids is 2. The molecule has 0 saturated carbocycles. The lowest BCUT2D eigenvalue weighted by atomic mass is 10.0. The molecule has 25 heavy (non-hydrogen) atoms. The number of hydrogen-bond acceptors (Lipinski definition) is 4. The molecule has 0 bridgehead atoms. The van der Waals surface area contributed by atoms with Gasteiger partial charge in [0, 0.05) is 38.0 Å². The van der Waals surface area contributed by atoms with Gasteiger partial charge in [0.05, 0.1) is 5.56 Å². The number of benzene rings is 1. The number of carboxylic acid groups (broad SMARTS) is 1. The second kappa shape index (κ2) is 8.38. The molecule has 1 atom stereocenters. The van der Waals surface area contributed by atoms with Crippen LogP contribution in [0.3, 0.4) is 0 Å². The van der Waals surface area contributed by atoms with Crippen LogP contribution in [0.4, 0.5) is 0 Å². The predicted octanol–water partition coefficient (Wildman–Crippen LogP) is 2.33. The Kier molecular flexibility index (Phi) is 6.47. The second-order valence-corrected chi connectivity index (χ2v) is 7.63.